The predicted octanol–water partition coefficient (Wildman–Crippen LogP) is 1.98. The maximum atomic E-state index is 12.0. The first kappa shape index (κ1) is 20.5. The number of methoxy groups -OCH3 is 2. The number of nitrogens with one attached hydrogen (secondary N) is 1. The van der Waals surface area contributed by atoms with Crippen LogP contribution in [0.5, 0.6) is 11.5 Å². The van der Waals surface area contributed by atoms with Crippen LogP contribution in [-0.4, -0.2) is 69.2 Å². The quantitative estimate of drug-likeness (QED) is 0.727. The van der Waals surface area contributed by atoms with Gasteiger partial charge in [0.05, 0.1) is 20.8 Å². The Bertz CT molecular complexity index is 569. The molecule has 1 aromatic rings. The number of piperazine rings is 1. The highest BCUT2D eigenvalue weighted by atomic mass is 16.5. The number of carbonyl (C=O) groups excluding carboxylic acids is 1. The maximum Gasteiger partial charge on any atom is 0.234 e. The van der Waals surface area contributed by atoms with E-state index in [9.17, 15) is 4.79 Å². The Kier molecular flexibility index (Phi) is 8.19. The van der Waals surface area contributed by atoms with E-state index in [2.05, 4.69) is 35.0 Å². The van der Waals surface area contributed by atoms with Crippen LogP contribution in [0, 0.1) is 5.92 Å². The summed E-state index contributed by atoms with van der Waals surface area (Å²) in [5.41, 5.74) is 1.21. The van der Waals surface area contributed by atoms with Gasteiger partial charge in [-0.2, -0.15) is 0 Å². The number of ether oxygens (including phenoxy) is 2. The zero-order valence-corrected chi connectivity index (χ0v) is 16.6. The lowest BCUT2D eigenvalue weighted by Crippen LogP contribution is -2.49. The van der Waals surface area contributed by atoms with Crippen molar-refractivity contribution in [2.24, 2.45) is 5.92 Å². The Hall–Kier alpha value is -1.79. The van der Waals surface area contributed by atoms with E-state index in [1.165, 1.54) is 5.56 Å². The van der Waals surface area contributed by atoms with E-state index in [1.54, 1.807) is 14.2 Å². The topological polar surface area (TPSA) is 54.0 Å². The molecule has 26 heavy (non-hydrogen) atoms. The summed E-state index contributed by atoms with van der Waals surface area (Å²) in [6, 6.07) is 6.06. The second-order valence-electron chi connectivity index (χ2n) is 7.27. The van der Waals surface area contributed by atoms with Crippen LogP contribution in [-0.2, 0) is 11.3 Å². The zero-order chi connectivity index (χ0) is 18.9. The van der Waals surface area contributed by atoms with E-state index in [1.807, 2.05) is 12.1 Å². The number of amides is 1. The molecule has 1 N–H and O–H groups in total. The average Bonchev–Trinajstić information content (AvgIpc) is 2.63. The number of benzene rings is 1. The lowest BCUT2D eigenvalue weighted by atomic mass is 10.1. The molecule has 1 amide bonds. The Balaban J connectivity index is 1.74. The molecule has 0 spiro atoms. The molecule has 6 heteroatoms. The monoisotopic (exact) mass is 363 g/mol. The summed E-state index contributed by atoms with van der Waals surface area (Å²) < 4.78 is 10.7. The van der Waals surface area contributed by atoms with Crippen molar-refractivity contribution in [2.75, 3.05) is 53.5 Å². The molecule has 0 unspecified atom stereocenters. The highest BCUT2D eigenvalue weighted by molar-refractivity contribution is 5.77. The minimum atomic E-state index is 0.138. The summed E-state index contributed by atoms with van der Waals surface area (Å²) in [5.74, 6) is 2.28. The summed E-state index contributed by atoms with van der Waals surface area (Å²) >= 11 is 0. The molecule has 1 saturated heterocycles. The van der Waals surface area contributed by atoms with Gasteiger partial charge in [0.2, 0.25) is 5.91 Å². The van der Waals surface area contributed by atoms with Crippen LogP contribution in [0.25, 0.3) is 0 Å². The van der Waals surface area contributed by atoms with Gasteiger partial charge in [0.1, 0.15) is 0 Å². The van der Waals surface area contributed by atoms with Gasteiger partial charge in [-0.1, -0.05) is 19.9 Å². The first-order valence-electron chi connectivity index (χ1n) is 9.44. The van der Waals surface area contributed by atoms with Crippen LogP contribution in [0.3, 0.4) is 0 Å². The molecular formula is C20H33N3O3. The van der Waals surface area contributed by atoms with Crippen LogP contribution in [0.2, 0.25) is 0 Å². The largest absolute Gasteiger partial charge is 0.493 e. The number of hydrogen-bond donors (Lipinski definition) is 1. The zero-order valence-electron chi connectivity index (χ0n) is 16.6. The van der Waals surface area contributed by atoms with Gasteiger partial charge in [0.15, 0.2) is 11.5 Å². The van der Waals surface area contributed by atoms with Crippen molar-refractivity contribution in [3.8, 4) is 11.5 Å². The summed E-state index contributed by atoms with van der Waals surface area (Å²) in [6.07, 6.45) is 1.03. The maximum absolute atomic E-state index is 12.0. The summed E-state index contributed by atoms with van der Waals surface area (Å²) in [6.45, 7) is 10.3. The third-order valence-corrected chi connectivity index (χ3v) is 4.73. The Morgan fingerprint density at radius 2 is 1.73 bits per heavy atom. The van der Waals surface area contributed by atoms with Crippen LogP contribution in [0.1, 0.15) is 25.8 Å². The van der Waals surface area contributed by atoms with E-state index in [-0.39, 0.29) is 5.91 Å². The van der Waals surface area contributed by atoms with Crippen LogP contribution in [0.15, 0.2) is 18.2 Å². The first-order valence-corrected chi connectivity index (χ1v) is 9.44. The Labute approximate surface area is 157 Å². The Morgan fingerprint density at radius 1 is 1.08 bits per heavy atom. The number of carbonyl (C=O) groups is 1. The van der Waals surface area contributed by atoms with Crippen molar-refractivity contribution in [1.82, 2.24) is 15.1 Å². The third-order valence-electron chi connectivity index (χ3n) is 4.73. The first-order chi connectivity index (χ1) is 12.5. The van der Waals surface area contributed by atoms with Crippen molar-refractivity contribution in [2.45, 2.75) is 26.8 Å². The van der Waals surface area contributed by atoms with Crippen LogP contribution >= 0.6 is 0 Å². The minimum absolute atomic E-state index is 0.138. The van der Waals surface area contributed by atoms with Crippen molar-refractivity contribution in [3.63, 3.8) is 0 Å². The standard InChI is InChI=1S/C20H33N3O3/c1-16(2)7-8-21-20(24)15-23-11-9-22(10-12-23)14-17-5-6-18(25-3)19(13-17)26-4/h5-6,13,16H,7-12,14-15H2,1-4H3,(H,21,24). The fraction of sp³-hybridized carbons (Fsp3) is 0.650. The summed E-state index contributed by atoms with van der Waals surface area (Å²) in [7, 11) is 3.31. The van der Waals surface area contributed by atoms with Gasteiger partial charge < -0.3 is 14.8 Å². The average molecular weight is 364 g/mol. The van der Waals surface area contributed by atoms with Gasteiger partial charge in [0.25, 0.3) is 0 Å². The highest BCUT2D eigenvalue weighted by Crippen LogP contribution is 2.28. The van der Waals surface area contributed by atoms with Crippen molar-refractivity contribution >= 4 is 5.91 Å². The number of rotatable bonds is 9. The molecule has 1 aliphatic rings. The van der Waals surface area contributed by atoms with Crippen LogP contribution < -0.4 is 14.8 Å². The Morgan fingerprint density at radius 3 is 2.35 bits per heavy atom. The predicted molar refractivity (Wildman–Crippen MR) is 104 cm³/mol. The van der Waals surface area contributed by atoms with Gasteiger partial charge in [-0.05, 0) is 30.0 Å². The summed E-state index contributed by atoms with van der Waals surface area (Å²) in [5, 5.41) is 3.02. The van der Waals surface area contributed by atoms with Gasteiger partial charge >= 0.3 is 0 Å². The molecule has 1 heterocycles. The highest BCUT2D eigenvalue weighted by Gasteiger charge is 2.19. The second-order valence-corrected chi connectivity index (χ2v) is 7.27. The molecule has 0 saturated carbocycles. The molecule has 0 bridgehead atoms. The smallest absolute Gasteiger partial charge is 0.234 e. The van der Waals surface area contributed by atoms with E-state index >= 15 is 0 Å². The lowest BCUT2D eigenvalue weighted by molar-refractivity contribution is -0.122. The molecule has 1 fully saturated rings. The lowest BCUT2D eigenvalue weighted by Gasteiger charge is -2.34. The van der Waals surface area contributed by atoms with Gasteiger partial charge in [-0.25, -0.2) is 0 Å². The SMILES string of the molecule is COc1ccc(CN2CCN(CC(=O)NCCC(C)C)CC2)cc1OC. The molecule has 146 valence electrons. The second kappa shape index (κ2) is 10.4. The molecule has 1 aliphatic heterocycles. The molecule has 2 rings (SSSR count). The molecule has 0 radical (unpaired) electrons. The van der Waals surface area contributed by atoms with E-state index in [0.717, 1.165) is 57.2 Å². The van der Waals surface area contributed by atoms with Crippen molar-refractivity contribution in [3.05, 3.63) is 23.8 Å². The van der Waals surface area contributed by atoms with Crippen molar-refractivity contribution in [1.29, 1.82) is 0 Å². The molecule has 0 aliphatic carbocycles. The third kappa shape index (κ3) is 6.50. The van der Waals surface area contributed by atoms with Gasteiger partial charge in [-0.15, -0.1) is 0 Å². The number of hydrogen-bond acceptors (Lipinski definition) is 5. The normalized spacial score (nSPS) is 15.9. The van der Waals surface area contributed by atoms with E-state index < -0.39 is 0 Å². The summed E-state index contributed by atoms with van der Waals surface area (Å²) in [4.78, 5) is 16.6. The van der Waals surface area contributed by atoms with E-state index in [4.69, 9.17) is 9.47 Å². The van der Waals surface area contributed by atoms with Gasteiger partial charge in [-0.3, -0.25) is 14.6 Å². The number of nitrogens with zero attached hydrogens (tertiary/aromatic N) is 2. The molecule has 0 atom stereocenters. The molecule has 0 aromatic heterocycles. The van der Waals surface area contributed by atoms with E-state index in [0.29, 0.717) is 12.5 Å². The fourth-order valence-electron chi connectivity index (χ4n) is 3.10. The van der Waals surface area contributed by atoms with Crippen molar-refractivity contribution < 1.29 is 14.3 Å². The molecule has 6 nitrogen and oxygen atoms in total. The molecule has 1 aromatic carbocycles. The minimum Gasteiger partial charge on any atom is -0.493 e. The van der Waals surface area contributed by atoms with Crippen LogP contribution in [0.4, 0.5) is 0 Å². The molecular weight excluding hydrogens is 330 g/mol. The van der Waals surface area contributed by atoms with Gasteiger partial charge in [0, 0.05) is 39.3 Å². The fourth-order valence-corrected chi connectivity index (χ4v) is 3.10.